The molecule has 4 aromatic rings. The van der Waals surface area contributed by atoms with E-state index in [1.165, 1.54) is 6.08 Å². The molecule has 6 nitrogen and oxygen atoms in total. The maximum absolute atomic E-state index is 13.4. The summed E-state index contributed by atoms with van der Waals surface area (Å²) < 4.78 is 31.2. The smallest absolute Gasteiger partial charge is 0.262 e. The summed E-state index contributed by atoms with van der Waals surface area (Å²) in [6.45, 7) is 9.78. The number of hydrogen-bond donors (Lipinski definition) is 1. The number of benzene rings is 3. The van der Waals surface area contributed by atoms with Crippen molar-refractivity contribution < 1.29 is 13.2 Å². The molecular weight excluding hydrogens is 482 g/mol. The van der Waals surface area contributed by atoms with Crippen LogP contribution < -0.4 is 4.72 Å². The van der Waals surface area contributed by atoms with Crippen molar-refractivity contribution in [3.63, 3.8) is 0 Å². The molecule has 0 atom stereocenters. The normalized spacial score (nSPS) is 11.8. The average Bonchev–Trinajstić information content (AvgIpc) is 3.41. The number of allylic oxidation sites excluding steroid dienone is 1. The molecule has 1 heterocycles. The van der Waals surface area contributed by atoms with Crippen molar-refractivity contribution in [1.82, 2.24) is 14.5 Å². The summed E-state index contributed by atoms with van der Waals surface area (Å²) in [5, 5.41) is 6.34. The van der Waals surface area contributed by atoms with Crippen LogP contribution >= 0.6 is 0 Å². The maximum Gasteiger partial charge on any atom is 0.262 e. The molecule has 0 fully saturated rings. The Hall–Kier alpha value is -3.97. The van der Waals surface area contributed by atoms with Gasteiger partial charge < -0.3 is 0 Å². The topological polar surface area (TPSA) is 81.1 Å². The van der Waals surface area contributed by atoms with Gasteiger partial charge in [-0.25, -0.2) is 13.1 Å². The summed E-state index contributed by atoms with van der Waals surface area (Å²) in [6.07, 6.45) is 9.06. The number of sulfonamides is 1. The minimum Gasteiger partial charge on any atom is -0.295 e. The molecular formula is C30H31N3O3S. The Kier molecular flexibility index (Phi) is 7.74. The number of fused-ring (bicyclic) bond motifs is 1. The Labute approximate surface area is 218 Å². The van der Waals surface area contributed by atoms with Crippen molar-refractivity contribution in [3.05, 3.63) is 102 Å². The van der Waals surface area contributed by atoms with Crippen molar-refractivity contribution in [2.75, 3.05) is 0 Å². The Bertz CT molecular complexity index is 1600. The predicted molar refractivity (Wildman–Crippen MR) is 150 cm³/mol. The molecule has 1 N–H and O–H groups in total. The van der Waals surface area contributed by atoms with Gasteiger partial charge in [0.15, 0.2) is 5.78 Å². The van der Waals surface area contributed by atoms with E-state index in [-0.39, 0.29) is 10.7 Å². The van der Waals surface area contributed by atoms with Gasteiger partial charge in [0.05, 0.1) is 10.6 Å². The molecule has 4 rings (SSSR count). The van der Waals surface area contributed by atoms with Crippen LogP contribution in [-0.2, 0) is 14.8 Å². The second-order valence-corrected chi connectivity index (χ2v) is 10.7. The molecule has 3 aromatic carbocycles. The molecule has 0 aliphatic carbocycles. The fourth-order valence-corrected chi connectivity index (χ4v) is 5.66. The van der Waals surface area contributed by atoms with Gasteiger partial charge in [-0.1, -0.05) is 62.4 Å². The number of hydrogen-bond acceptors (Lipinski definition) is 4. The third-order valence-corrected chi connectivity index (χ3v) is 7.92. The first-order chi connectivity index (χ1) is 17.7. The summed E-state index contributed by atoms with van der Waals surface area (Å²) in [4.78, 5) is 12.2. The zero-order valence-corrected chi connectivity index (χ0v) is 22.2. The van der Waals surface area contributed by atoms with Gasteiger partial charge in [0.1, 0.15) is 0 Å². The fourth-order valence-electron chi connectivity index (χ4n) is 4.34. The molecule has 0 saturated heterocycles. The number of ketones is 1. The summed E-state index contributed by atoms with van der Waals surface area (Å²) >= 11 is 0. The minimum atomic E-state index is -3.91. The highest BCUT2D eigenvalue weighted by atomic mass is 32.2. The van der Waals surface area contributed by atoms with Crippen molar-refractivity contribution in [1.29, 1.82) is 0 Å². The Morgan fingerprint density at radius 3 is 2.62 bits per heavy atom. The van der Waals surface area contributed by atoms with Gasteiger partial charge in [-0.05, 0) is 66.6 Å². The van der Waals surface area contributed by atoms with Crippen LogP contribution in [0.3, 0.4) is 0 Å². The number of unbranched alkanes of at least 4 members (excludes halogenated alkanes) is 1. The lowest BCUT2D eigenvalue weighted by molar-refractivity contribution is -0.114. The van der Waals surface area contributed by atoms with Gasteiger partial charge in [-0.15, -0.1) is 0 Å². The van der Waals surface area contributed by atoms with Crippen molar-refractivity contribution in [3.8, 4) is 5.69 Å². The lowest BCUT2D eigenvalue weighted by Crippen LogP contribution is -2.23. The van der Waals surface area contributed by atoms with E-state index in [0.29, 0.717) is 28.8 Å². The molecule has 7 heteroatoms. The van der Waals surface area contributed by atoms with E-state index in [2.05, 4.69) is 16.4 Å². The number of aryl methyl sites for hydroxylation is 2. The second kappa shape index (κ2) is 11.0. The third kappa shape index (κ3) is 5.73. The van der Waals surface area contributed by atoms with E-state index in [1.54, 1.807) is 42.1 Å². The van der Waals surface area contributed by atoms with Gasteiger partial charge >= 0.3 is 0 Å². The van der Waals surface area contributed by atoms with E-state index < -0.39 is 10.0 Å². The van der Waals surface area contributed by atoms with Crippen LogP contribution in [0.25, 0.3) is 28.2 Å². The number of carbonyl (C=O) groups is 1. The zero-order chi connectivity index (χ0) is 26.6. The van der Waals surface area contributed by atoms with E-state index in [1.807, 2.05) is 56.4 Å². The van der Waals surface area contributed by atoms with Crippen LogP contribution in [0.15, 0.2) is 84.5 Å². The zero-order valence-electron chi connectivity index (χ0n) is 21.4. The summed E-state index contributed by atoms with van der Waals surface area (Å²) in [7, 11) is -3.91. The number of nitrogens with one attached hydrogen (secondary N) is 1. The number of rotatable bonds is 10. The fraction of sp³-hybridized carbons (Fsp3) is 0.200. The molecule has 190 valence electrons. The highest BCUT2D eigenvalue weighted by Crippen LogP contribution is 2.30. The van der Waals surface area contributed by atoms with Crippen LogP contribution in [0, 0.1) is 13.8 Å². The lowest BCUT2D eigenvalue weighted by atomic mass is 9.98. The molecule has 0 amide bonds. The molecule has 0 bridgehead atoms. The van der Waals surface area contributed by atoms with E-state index in [0.717, 1.165) is 34.9 Å². The van der Waals surface area contributed by atoms with Crippen molar-refractivity contribution >= 4 is 38.4 Å². The van der Waals surface area contributed by atoms with Gasteiger partial charge in [-0.2, -0.15) is 5.10 Å². The molecule has 37 heavy (non-hydrogen) atoms. The summed E-state index contributed by atoms with van der Waals surface area (Å²) in [5.41, 5.74) is 4.11. The summed E-state index contributed by atoms with van der Waals surface area (Å²) in [6, 6.07) is 16.8. The molecule has 1 aromatic heterocycles. The van der Waals surface area contributed by atoms with Crippen molar-refractivity contribution in [2.45, 2.75) is 44.9 Å². The van der Waals surface area contributed by atoms with Crippen LogP contribution in [0.5, 0.6) is 0 Å². The summed E-state index contributed by atoms with van der Waals surface area (Å²) in [5.74, 6) is 0.0285. The highest BCUT2D eigenvalue weighted by Gasteiger charge is 2.20. The van der Waals surface area contributed by atoms with Crippen LogP contribution in [0.4, 0.5) is 0 Å². The first kappa shape index (κ1) is 26.1. The van der Waals surface area contributed by atoms with E-state index in [9.17, 15) is 13.2 Å². The second-order valence-electron chi connectivity index (χ2n) is 9.07. The highest BCUT2D eigenvalue weighted by molar-refractivity contribution is 7.90. The molecule has 0 unspecified atom stereocenters. The lowest BCUT2D eigenvalue weighted by Gasteiger charge is -2.17. The van der Waals surface area contributed by atoms with Gasteiger partial charge in [0.2, 0.25) is 0 Å². The Balaban J connectivity index is 1.61. The SMILES string of the molecule is C=C(NS(=O)(=O)c1cc(/C=C\C(=O)CCCC)ccc1C)c1ccc2c(-n3cccn3)cccc2c1C. The Morgan fingerprint density at radius 1 is 1.08 bits per heavy atom. The van der Waals surface area contributed by atoms with Crippen LogP contribution in [-0.4, -0.2) is 24.0 Å². The van der Waals surface area contributed by atoms with Crippen molar-refractivity contribution in [2.24, 2.45) is 0 Å². The molecule has 0 saturated carbocycles. The quantitative estimate of drug-likeness (QED) is 0.250. The van der Waals surface area contributed by atoms with Crippen LogP contribution in [0.2, 0.25) is 0 Å². The standard InChI is InChI=1S/C30H31N3O3S/c1-5-6-9-25(34)15-14-24-13-12-21(2)30(20-24)37(35,36)32-23(4)26-16-17-28-27(22(26)3)10-7-11-29(28)33-19-8-18-31-33/h7-8,10-20,32H,4-6,9H2,1-3H3/b15-14-. The molecule has 0 aliphatic rings. The first-order valence-electron chi connectivity index (χ1n) is 12.3. The van der Waals surface area contributed by atoms with Gasteiger partial charge in [-0.3, -0.25) is 9.52 Å². The number of aromatic nitrogens is 2. The minimum absolute atomic E-state index is 0.0285. The number of nitrogens with zero attached hydrogens (tertiary/aromatic N) is 2. The van der Waals surface area contributed by atoms with Gasteiger partial charge in [0, 0.05) is 35.5 Å². The molecule has 0 spiro atoms. The monoisotopic (exact) mass is 513 g/mol. The molecule has 0 radical (unpaired) electrons. The molecule has 0 aliphatic heterocycles. The van der Waals surface area contributed by atoms with Crippen LogP contribution in [0.1, 0.15) is 48.4 Å². The number of carbonyl (C=O) groups excluding carboxylic acids is 1. The van der Waals surface area contributed by atoms with E-state index >= 15 is 0 Å². The first-order valence-corrected chi connectivity index (χ1v) is 13.8. The van der Waals surface area contributed by atoms with E-state index in [4.69, 9.17) is 0 Å². The third-order valence-electron chi connectivity index (χ3n) is 6.38. The Morgan fingerprint density at radius 2 is 1.89 bits per heavy atom. The average molecular weight is 514 g/mol. The maximum atomic E-state index is 13.4. The van der Waals surface area contributed by atoms with Gasteiger partial charge in [0.25, 0.3) is 10.0 Å². The largest absolute Gasteiger partial charge is 0.295 e. The predicted octanol–water partition coefficient (Wildman–Crippen LogP) is 6.36.